The zero-order chi connectivity index (χ0) is 12.3. The van der Waals surface area contributed by atoms with Crippen LogP contribution in [-0.2, 0) is 10.9 Å². The van der Waals surface area contributed by atoms with Crippen LogP contribution >= 0.6 is 0 Å². The summed E-state index contributed by atoms with van der Waals surface area (Å²) >= 11 is 0. The maximum atomic E-state index is 13.1. The first-order chi connectivity index (χ1) is 7.36. The van der Waals surface area contributed by atoms with Gasteiger partial charge in [0.2, 0.25) is 0 Å². The molecule has 90 valence electrons. The molecular formula is C10H11F4NO. The Hall–Kier alpha value is -1.14. The van der Waals surface area contributed by atoms with Crippen molar-refractivity contribution in [3.05, 3.63) is 35.1 Å². The van der Waals surface area contributed by atoms with Crippen LogP contribution < -0.4 is 5.73 Å². The minimum absolute atomic E-state index is 0.116. The number of alkyl halides is 3. The highest BCUT2D eigenvalue weighted by Gasteiger charge is 2.34. The van der Waals surface area contributed by atoms with Crippen LogP contribution in [0.25, 0.3) is 0 Å². The summed E-state index contributed by atoms with van der Waals surface area (Å²) in [6.07, 6.45) is -4.69. The van der Waals surface area contributed by atoms with Crippen LogP contribution in [0, 0.1) is 5.82 Å². The molecule has 1 rings (SSSR count). The number of nitrogens with two attached hydrogens (primary N) is 1. The fraction of sp³-hybridized carbons (Fsp3) is 0.400. The molecule has 0 amide bonds. The predicted molar refractivity (Wildman–Crippen MR) is 50.2 cm³/mol. The Balaban J connectivity index is 3.00. The molecule has 0 heterocycles. The third-order valence-electron chi connectivity index (χ3n) is 2.07. The fourth-order valence-electron chi connectivity index (χ4n) is 1.27. The summed E-state index contributed by atoms with van der Waals surface area (Å²) in [7, 11) is 1.40. The van der Waals surface area contributed by atoms with Gasteiger partial charge in [-0.05, 0) is 17.7 Å². The van der Waals surface area contributed by atoms with Crippen LogP contribution in [0.5, 0.6) is 0 Å². The van der Waals surface area contributed by atoms with Crippen LogP contribution in [0.15, 0.2) is 18.2 Å². The molecule has 0 radical (unpaired) electrons. The topological polar surface area (TPSA) is 35.2 Å². The second-order valence-corrected chi connectivity index (χ2v) is 3.30. The zero-order valence-corrected chi connectivity index (χ0v) is 8.51. The van der Waals surface area contributed by atoms with Gasteiger partial charge < -0.3 is 10.5 Å². The number of hydrogen-bond donors (Lipinski definition) is 1. The van der Waals surface area contributed by atoms with Gasteiger partial charge in [-0.25, -0.2) is 4.39 Å². The van der Waals surface area contributed by atoms with Crippen molar-refractivity contribution in [2.45, 2.75) is 12.2 Å². The predicted octanol–water partition coefficient (Wildman–Crippen LogP) is 2.49. The van der Waals surface area contributed by atoms with Gasteiger partial charge in [0.05, 0.1) is 18.2 Å². The van der Waals surface area contributed by atoms with Crippen molar-refractivity contribution in [3.8, 4) is 0 Å². The highest BCUT2D eigenvalue weighted by molar-refractivity contribution is 5.28. The Labute approximate surface area is 90.0 Å². The molecule has 0 saturated heterocycles. The Morgan fingerprint density at radius 1 is 1.38 bits per heavy atom. The van der Waals surface area contributed by atoms with Crippen molar-refractivity contribution >= 4 is 0 Å². The molecule has 1 aromatic carbocycles. The summed E-state index contributed by atoms with van der Waals surface area (Å²) in [5.74, 6) is -1.32. The molecule has 0 aromatic heterocycles. The zero-order valence-electron chi connectivity index (χ0n) is 8.51. The van der Waals surface area contributed by atoms with Crippen molar-refractivity contribution in [3.63, 3.8) is 0 Å². The third-order valence-corrected chi connectivity index (χ3v) is 2.07. The van der Waals surface area contributed by atoms with Gasteiger partial charge in [-0.1, -0.05) is 6.07 Å². The molecule has 0 aliphatic rings. The molecule has 0 aliphatic carbocycles. The number of halogens is 4. The van der Waals surface area contributed by atoms with Gasteiger partial charge in [0.15, 0.2) is 0 Å². The average molecular weight is 237 g/mol. The van der Waals surface area contributed by atoms with Crippen molar-refractivity contribution in [2.24, 2.45) is 5.73 Å². The van der Waals surface area contributed by atoms with E-state index in [1.807, 2.05) is 0 Å². The molecule has 0 bridgehead atoms. The lowest BCUT2D eigenvalue weighted by Crippen LogP contribution is -2.17. The van der Waals surface area contributed by atoms with E-state index in [0.29, 0.717) is 6.07 Å². The van der Waals surface area contributed by atoms with E-state index in [9.17, 15) is 17.6 Å². The third kappa shape index (κ3) is 2.93. The maximum Gasteiger partial charge on any atom is 0.419 e. The van der Waals surface area contributed by atoms with Crippen molar-refractivity contribution in [2.75, 3.05) is 13.7 Å². The Kier molecular flexibility index (Phi) is 3.88. The van der Waals surface area contributed by atoms with E-state index in [2.05, 4.69) is 0 Å². The molecule has 0 fully saturated rings. The quantitative estimate of drug-likeness (QED) is 0.820. The number of methoxy groups -OCH3 is 1. The van der Waals surface area contributed by atoms with E-state index in [0.717, 1.165) is 12.1 Å². The maximum absolute atomic E-state index is 13.1. The van der Waals surface area contributed by atoms with E-state index >= 15 is 0 Å². The second kappa shape index (κ2) is 4.80. The summed E-state index contributed by atoms with van der Waals surface area (Å²) in [4.78, 5) is 0. The summed E-state index contributed by atoms with van der Waals surface area (Å²) in [5.41, 5.74) is 4.54. The molecule has 6 heteroatoms. The summed E-state index contributed by atoms with van der Waals surface area (Å²) in [6, 6.07) is 1.98. The molecular weight excluding hydrogens is 226 g/mol. The lowest BCUT2D eigenvalue weighted by molar-refractivity contribution is -0.140. The van der Waals surface area contributed by atoms with Gasteiger partial charge in [-0.3, -0.25) is 0 Å². The molecule has 0 unspecified atom stereocenters. The lowest BCUT2D eigenvalue weighted by atomic mass is 10.1. The first-order valence-corrected chi connectivity index (χ1v) is 4.47. The summed E-state index contributed by atoms with van der Waals surface area (Å²) in [6.45, 7) is 0.116. The Morgan fingerprint density at radius 3 is 2.44 bits per heavy atom. The Bertz CT molecular complexity index is 364. The van der Waals surface area contributed by atoms with Gasteiger partial charge in [0.1, 0.15) is 5.82 Å². The van der Waals surface area contributed by atoms with Crippen LogP contribution in [0.3, 0.4) is 0 Å². The second-order valence-electron chi connectivity index (χ2n) is 3.30. The SMILES string of the molecule is COC[C@@H](N)c1ccc(C(F)(F)F)c(F)c1. The van der Waals surface area contributed by atoms with Crippen LogP contribution in [0.2, 0.25) is 0 Å². The van der Waals surface area contributed by atoms with E-state index in [-0.39, 0.29) is 12.2 Å². The van der Waals surface area contributed by atoms with Crippen LogP contribution in [0.4, 0.5) is 17.6 Å². The van der Waals surface area contributed by atoms with E-state index in [4.69, 9.17) is 10.5 Å². The highest BCUT2D eigenvalue weighted by Crippen LogP contribution is 2.32. The Morgan fingerprint density at radius 2 is 2.00 bits per heavy atom. The van der Waals surface area contributed by atoms with E-state index < -0.39 is 23.6 Å². The molecule has 2 nitrogen and oxygen atoms in total. The number of hydrogen-bond acceptors (Lipinski definition) is 2. The minimum atomic E-state index is -4.69. The van der Waals surface area contributed by atoms with Crippen molar-refractivity contribution in [1.29, 1.82) is 0 Å². The first-order valence-electron chi connectivity index (χ1n) is 4.47. The highest BCUT2D eigenvalue weighted by atomic mass is 19.4. The molecule has 2 N–H and O–H groups in total. The number of rotatable bonds is 3. The normalized spacial score (nSPS) is 13.9. The first kappa shape index (κ1) is 12.9. The summed E-state index contributed by atoms with van der Waals surface area (Å²) in [5, 5.41) is 0. The van der Waals surface area contributed by atoms with Gasteiger partial charge in [-0.2, -0.15) is 13.2 Å². The van der Waals surface area contributed by atoms with Crippen LogP contribution in [0.1, 0.15) is 17.2 Å². The molecule has 1 atom stereocenters. The monoisotopic (exact) mass is 237 g/mol. The van der Waals surface area contributed by atoms with E-state index in [1.54, 1.807) is 0 Å². The van der Waals surface area contributed by atoms with Gasteiger partial charge in [0, 0.05) is 7.11 Å². The molecule has 0 spiro atoms. The van der Waals surface area contributed by atoms with Crippen LogP contribution in [-0.4, -0.2) is 13.7 Å². The molecule has 0 aliphatic heterocycles. The van der Waals surface area contributed by atoms with Gasteiger partial charge in [-0.15, -0.1) is 0 Å². The van der Waals surface area contributed by atoms with Crippen molar-refractivity contribution < 1.29 is 22.3 Å². The summed E-state index contributed by atoms with van der Waals surface area (Å²) < 4.78 is 54.6. The van der Waals surface area contributed by atoms with E-state index in [1.165, 1.54) is 7.11 Å². The lowest BCUT2D eigenvalue weighted by Gasteiger charge is -2.13. The van der Waals surface area contributed by atoms with Gasteiger partial charge in [0.25, 0.3) is 0 Å². The number of benzene rings is 1. The van der Waals surface area contributed by atoms with Crippen molar-refractivity contribution in [1.82, 2.24) is 0 Å². The molecule has 16 heavy (non-hydrogen) atoms. The average Bonchev–Trinajstić information content (AvgIpc) is 2.16. The largest absolute Gasteiger partial charge is 0.419 e. The fourth-order valence-corrected chi connectivity index (χ4v) is 1.27. The molecule has 1 aromatic rings. The minimum Gasteiger partial charge on any atom is -0.383 e. The smallest absolute Gasteiger partial charge is 0.383 e. The van der Waals surface area contributed by atoms with Gasteiger partial charge >= 0.3 is 6.18 Å². The molecule has 0 saturated carbocycles. The standard InChI is InChI=1S/C10H11F4NO/c1-16-5-9(15)6-2-3-7(8(11)4-6)10(12,13)14/h2-4,9H,5,15H2,1H3/t9-/m1/s1. The number of ether oxygens (including phenoxy) is 1.